The third-order valence-corrected chi connectivity index (χ3v) is 4.91. The molecule has 0 saturated carbocycles. The molecule has 1 rings (SSSR count). The summed E-state index contributed by atoms with van der Waals surface area (Å²) in [4.78, 5) is 0. The SMILES string of the molecule is CC(C)CN(CCCN)S(=O)(=O)CC1CCCO1. The molecule has 18 heavy (non-hydrogen) atoms. The average Bonchev–Trinajstić information content (AvgIpc) is 2.75. The number of hydrogen-bond acceptors (Lipinski definition) is 4. The monoisotopic (exact) mass is 278 g/mol. The van der Waals surface area contributed by atoms with Crippen LogP contribution in [0.4, 0.5) is 0 Å². The van der Waals surface area contributed by atoms with Gasteiger partial charge in [0.25, 0.3) is 0 Å². The molecule has 0 aromatic heterocycles. The van der Waals surface area contributed by atoms with Crippen LogP contribution in [0.3, 0.4) is 0 Å². The molecule has 1 aliphatic rings. The van der Waals surface area contributed by atoms with Gasteiger partial charge in [0, 0.05) is 19.7 Å². The molecule has 2 N–H and O–H groups in total. The lowest BCUT2D eigenvalue weighted by atomic mass is 10.2. The molecular formula is C12H26N2O3S. The van der Waals surface area contributed by atoms with Gasteiger partial charge in [0.2, 0.25) is 10.0 Å². The Morgan fingerprint density at radius 2 is 2.17 bits per heavy atom. The summed E-state index contributed by atoms with van der Waals surface area (Å²) in [6.07, 6.45) is 2.40. The second kappa shape index (κ2) is 7.43. The minimum Gasteiger partial charge on any atom is -0.377 e. The molecule has 0 amide bonds. The van der Waals surface area contributed by atoms with Gasteiger partial charge in [-0.05, 0) is 31.7 Å². The highest BCUT2D eigenvalue weighted by Gasteiger charge is 2.28. The zero-order chi connectivity index (χ0) is 13.6. The van der Waals surface area contributed by atoms with Gasteiger partial charge in [-0.25, -0.2) is 12.7 Å². The lowest BCUT2D eigenvalue weighted by Gasteiger charge is -2.25. The number of ether oxygens (including phenoxy) is 1. The van der Waals surface area contributed by atoms with Crippen molar-refractivity contribution in [3.05, 3.63) is 0 Å². The Bertz CT molecular complexity index is 324. The number of nitrogens with two attached hydrogens (primary N) is 1. The van der Waals surface area contributed by atoms with E-state index in [4.69, 9.17) is 10.5 Å². The fraction of sp³-hybridized carbons (Fsp3) is 1.00. The fourth-order valence-electron chi connectivity index (χ4n) is 2.13. The molecule has 1 aliphatic heterocycles. The normalized spacial score (nSPS) is 21.1. The maximum atomic E-state index is 12.3. The quantitative estimate of drug-likeness (QED) is 0.713. The highest BCUT2D eigenvalue weighted by atomic mass is 32.2. The molecular weight excluding hydrogens is 252 g/mol. The van der Waals surface area contributed by atoms with Crippen LogP contribution in [-0.2, 0) is 14.8 Å². The third kappa shape index (κ3) is 5.22. The van der Waals surface area contributed by atoms with Crippen molar-refractivity contribution in [1.82, 2.24) is 4.31 Å². The topological polar surface area (TPSA) is 72.6 Å². The smallest absolute Gasteiger partial charge is 0.216 e. The van der Waals surface area contributed by atoms with Gasteiger partial charge < -0.3 is 10.5 Å². The minimum absolute atomic E-state index is 0.115. The first-order valence-corrected chi connectivity index (χ1v) is 8.36. The highest BCUT2D eigenvalue weighted by molar-refractivity contribution is 7.89. The lowest BCUT2D eigenvalue weighted by Crippen LogP contribution is -2.40. The second-order valence-electron chi connectivity index (χ2n) is 5.31. The molecule has 1 fully saturated rings. The molecule has 5 nitrogen and oxygen atoms in total. The minimum atomic E-state index is -3.22. The van der Waals surface area contributed by atoms with Crippen LogP contribution in [0, 0.1) is 5.92 Å². The van der Waals surface area contributed by atoms with Gasteiger partial charge in [0.1, 0.15) is 0 Å². The van der Waals surface area contributed by atoms with Crippen molar-refractivity contribution in [3.63, 3.8) is 0 Å². The van der Waals surface area contributed by atoms with Crippen LogP contribution in [0.1, 0.15) is 33.1 Å². The lowest BCUT2D eigenvalue weighted by molar-refractivity contribution is 0.126. The number of sulfonamides is 1. The van der Waals surface area contributed by atoms with E-state index in [0.29, 0.717) is 38.6 Å². The largest absolute Gasteiger partial charge is 0.377 e. The molecule has 0 aromatic carbocycles. The van der Waals surface area contributed by atoms with Gasteiger partial charge in [-0.15, -0.1) is 0 Å². The summed E-state index contributed by atoms with van der Waals surface area (Å²) < 4.78 is 31.7. The first-order valence-electron chi connectivity index (χ1n) is 6.75. The molecule has 108 valence electrons. The molecule has 1 unspecified atom stereocenters. The second-order valence-corrected chi connectivity index (χ2v) is 7.32. The Morgan fingerprint density at radius 1 is 1.44 bits per heavy atom. The third-order valence-electron chi connectivity index (χ3n) is 2.99. The molecule has 0 bridgehead atoms. The fourth-order valence-corrected chi connectivity index (χ4v) is 4.01. The zero-order valence-electron chi connectivity index (χ0n) is 11.5. The van der Waals surface area contributed by atoms with E-state index >= 15 is 0 Å². The first-order chi connectivity index (χ1) is 8.45. The highest BCUT2D eigenvalue weighted by Crippen LogP contribution is 2.17. The van der Waals surface area contributed by atoms with Crippen LogP contribution in [0.5, 0.6) is 0 Å². The molecule has 1 heterocycles. The van der Waals surface area contributed by atoms with Gasteiger partial charge in [-0.3, -0.25) is 0 Å². The Labute approximate surface area is 111 Å². The van der Waals surface area contributed by atoms with Crippen LogP contribution >= 0.6 is 0 Å². The molecule has 6 heteroatoms. The zero-order valence-corrected chi connectivity index (χ0v) is 12.3. The van der Waals surface area contributed by atoms with Crippen molar-refractivity contribution in [2.75, 3.05) is 32.0 Å². The maximum Gasteiger partial charge on any atom is 0.216 e. The van der Waals surface area contributed by atoms with E-state index < -0.39 is 10.0 Å². The molecule has 0 aromatic rings. The summed E-state index contributed by atoms with van der Waals surface area (Å²) >= 11 is 0. The van der Waals surface area contributed by atoms with Gasteiger partial charge in [-0.1, -0.05) is 13.8 Å². The average molecular weight is 278 g/mol. The first kappa shape index (κ1) is 15.9. The van der Waals surface area contributed by atoms with E-state index in [9.17, 15) is 8.42 Å². The van der Waals surface area contributed by atoms with Crippen molar-refractivity contribution < 1.29 is 13.2 Å². The van der Waals surface area contributed by atoms with Crippen molar-refractivity contribution in [3.8, 4) is 0 Å². The summed E-state index contributed by atoms with van der Waals surface area (Å²) in [5.74, 6) is 0.437. The van der Waals surface area contributed by atoms with Gasteiger partial charge >= 0.3 is 0 Å². The predicted octanol–water partition coefficient (Wildman–Crippen LogP) is 0.802. The van der Waals surface area contributed by atoms with E-state index in [0.717, 1.165) is 12.8 Å². The molecule has 1 atom stereocenters. The van der Waals surface area contributed by atoms with E-state index in [1.807, 2.05) is 13.8 Å². The Kier molecular flexibility index (Phi) is 6.55. The van der Waals surface area contributed by atoms with E-state index in [1.165, 1.54) is 0 Å². The van der Waals surface area contributed by atoms with E-state index in [2.05, 4.69) is 0 Å². The molecule has 0 aliphatic carbocycles. The summed E-state index contributed by atoms with van der Waals surface area (Å²) in [7, 11) is -3.22. The molecule has 0 radical (unpaired) electrons. The Balaban J connectivity index is 2.61. The van der Waals surface area contributed by atoms with Gasteiger partial charge in [0.05, 0.1) is 11.9 Å². The standard InChI is InChI=1S/C12H26N2O3S/c1-11(2)9-14(7-4-6-13)18(15,16)10-12-5-3-8-17-12/h11-12H,3-10,13H2,1-2H3. The summed E-state index contributed by atoms with van der Waals surface area (Å²) in [6, 6.07) is 0. The van der Waals surface area contributed by atoms with Crippen LogP contribution in [0.15, 0.2) is 0 Å². The maximum absolute atomic E-state index is 12.3. The van der Waals surface area contributed by atoms with Crippen LogP contribution in [0.2, 0.25) is 0 Å². The summed E-state index contributed by atoms with van der Waals surface area (Å²) in [5.41, 5.74) is 5.47. The van der Waals surface area contributed by atoms with Crippen LogP contribution in [0.25, 0.3) is 0 Å². The van der Waals surface area contributed by atoms with Gasteiger partial charge in [0.15, 0.2) is 0 Å². The predicted molar refractivity (Wildman–Crippen MR) is 72.8 cm³/mol. The molecule has 1 saturated heterocycles. The van der Waals surface area contributed by atoms with E-state index in [1.54, 1.807) is 4.31 Å². The molecule has 0 spiro atoms. The van der Waals surface area contributed by atoms with Crippen LogP contribution < -0.4 is 5.73 Å². The number of hydrogen-bond donors (Lipinski definition) is 1. The summed E-state index contributed by atoms with van der Waals surface area (Å²) in [5, 5.41) is 0. The van der Waals surface area contributed by atoms with Crippen LogP contribution in [-0.4, -0.2) is 50.8 Å². The van der Waals surface area contributed by atoms with Crippen molar-refractivity contribution >= 4 is 10.0 Å². The summed E-state index contributed by atoms with van der Waals surface area (Å²) in [6.45, 7) is 6.34. The van der Waals surface area contributed by atoms with E-state index in [-0.39, 0.29) is 11.9 Å². The number of nitrogens with zero attached hydrogens (tertiary/aromatic N) is 1. The van der Waals surface area contributed by atoms with Gasteiger partial charge in [-0.2, -0.15) is 0 Å². The Morgan fingerprint density at radius 3 is 2.67 bits per heavy atom. The Hall–Kier alpha value is -0.170. The number of rotatable bonds is 8. The van der Waals surface area contributed by atoms with Crippen molar-refractivity contribution in [1.29, 1.82) is 0 Å². The van der Waals surface area contributed by atoms with Crippen molar-refractivity contribution in [2.45, 2.75) is 39.2 Å². The van der Waals surface area contributed by atoms with Crippen molar-refractivity contribution in [2.24, 2.45) is 11.7 Å².